The molecule has 1 aliphatic rings. The Bertz CT molecular complexity index is 1550. The fraction of sp³-hybridized carbons (Fsp3) is 0.517. The van der Waals surface area contributed by atoms with Crippen molar-refractivity contribution >= 4 is 23.2 Å². The fourth-order valence-electron chi connectivity index (χ4n) is 5.12. The van der Waals surface area contributed by atoms with Gasteiger partial charge in [-0.15, -0.1) is 5.10 Å². The number of rotatable bonds is 6. The molecule has 12 heteroatoms. The molecule has 12 nitrogen and oxygen atoms in total. The van der Waals surface area contributed by atoms with E-state index >= 15 is 0 Å². The zero-order chi connectivity index (χ0) is 29.4. The minimum atomic E-state index is -0.581. The number of nitrogens with one attached hydrogen (secondary N) is 1. The maximum Gasteiger partial charge on any atom is 0.240 e. The summed E-state index contributed by atoms with van der Waals surface area (Å²) in [4.78, 5) is 6.87. The molecule has 1 aliphatic heterocycles. The Morgan fingerprint density at radius 3 is 2.66 bits per heavy atom. The normalized spacial score (nSPS) is 19.5. The molecule has 0 aliphatic carbocycles. The summed E-state index contributed by atoms with van der Waals surface area (Å²) in [6.07, 6.45) is 4.92. The number of pyridine rings is 1. The van der Waals surface area contributed by atoms with E-state index in [1.165, 1.54) is 0 Å². The highest BCUT2D eigenvalue weighted by atomic mass is 16.5. The molecule has 4 aromatic rings. The maximum atomic E-state index is 10.3. The van der Waals surface area contributed by atoms with Gasteiger partial charge >= 0.3 is 0 Å². The predicted octanol–water partition coefficient (Wildman–Crippen LogP) is 3.64. The van der Waals surface area contributed by atoms with E-state index in [0.29, 0.717) is 37.1 Å². The lowest BCUT2D eigenvalue weighted by atomic mass is 10.1. The van der Waals surface area contributed by atoms with E-state index in [4.69, 9.17) is 24.4 Å². The quantitative estimate of drug-likeness (QED) is 0.361. The molecule has 41 heavy (non-hydrogen) atoms. The summed E-state index contributed by atoms with van der Waals surface area (Å²) in [5, 5.41) is 28.2. The van der Waals surface area contributed by atoms with Crippen molar-refractivity contribution in [1.82, 2.24) is 39.6 Å². The second kappa shape index (κ2) is 11.6. The molecule has 220 valence electrons. The van der Waals surface area contributed by atoms with Gasteiger partial charge in [-0.1, -0.05) is 0 Å². The van der Waals surface area contributed by atoms with Gasteiger partial charge in [0.1, 0.15) is 6.10 Å². The molecule has 0 aromatic carbocycles. The molecular formula is C29H40N8O4. The Balaban J connectivity index is 1.73. The number of ether oxygens (including phenoxy) is 3. The standard InChI is InChI=1S/C29H40N8O4/c1-16(2)40-28-21-9-10-23-22-11-20(12-30-27(22)32-31-23)26-24(15-39-8)33-36(7)29(26)41-19(5)18(4)35(6)14-25(21)37(34-28)13-17(3)38/h9-12,16-19,38H,13-15H2,1-8H3,(H,30,31,32)/b10-9+/t17-,18+,19+/m0/s1. The van der Waals surface area contributed by atoms with Gasteiger partial charge < -0.3 is 19.3 Å². The number of hydrogen-bond acceptors (Lipinski definition) is 9. The first-order chi connectivity index (χ1) is 19.6. The average Bonchev–Trinajstić information content (AvgIpc) is 3.54. The van der Waals surface area contributed by atoms with Gasteiger partial charge in [-0.3, -0.25) is 14.7 Å². The first-order valence-electron chi connectivity index (χ1n) is 14.0. The van der Waals surface area contributed by atoms with Crippen LogP contribution in [0.2, 0.25) is 0 Å². The van der Waals surface area contributed by atoms with Crippen molar-refractivity contribution in [3.8, 4) is 22.9 Å². The first-order valence-corrected chi connectivity index (χ1v) is 14.0. The van der Waals surface area contributed by atoms with Crippen LogP contribution >= 0.6 is 0 Å². The summed E-state index contributed by atoms with van der Waals surface area (Å²) >= 11 is 0. The minimum Gasteiger partial charge on any atom is -0.473 e. The van der Waals surface area contributed by atoms with E-state index < -0.39 is 6.10 Å². The van der Waals surface area contributed by atoms with Crippen LogP contribution in [0.25, 0.3) is 34.3 Å². The van der Waals surface area contributed by atoms with Crippen LogP contribution < -0.4 is 9.47 Å². The number of likely N-dealkylation sites (N-methyl/N-ethyl adjacent to an activating group) is 1. The highest BCUT2D eigenvalue weighted by Gasteiger charge is 2.28. The van der Waals surface area contributed by atoms with Crippen LogP contribution in [0, 0.1) is 0 Å². The number of aliphatic hydroxyl groups is 1. The summed E-state index contributed by atoms with van der Waals surface area (Å²) in [7, 11) is 5.59. The van der Waals surface area contributed by atoms with Crippen LogP contribution in [-0.2, 0) is 31.5 Å². The Morgan fingerprint density at radius 2 is 1.95 bits per heavy atom. The number of methoxy groups -OCH3 is 1. The second-order valence-corrected chi connectivity index (χ2v) is 11.1. The van der Waals surface area contributed by atoms with Crippen LogP contribution in [-0.4, -0.2) is 83.3 Å². The van der Waals surface area contributed by atoms with Gasteiger partial charge in [-0.05, 0) is 59.9 Å². The van der Waals surface area contributed by atoms with Gasteiger partial charge in [0.2, 0.25) is 11.8 Å². The third-order valence-corrected chi connectivity index (χ3v) is 7.41. The highest BCUT2D eigenvalue weighted by molar-refractivity contribution is 5.91. The van der Waals surface area contributed by atoms with Crippen molar-refractivity contribution in [1.29, 1.82) is 0 Å². The molecule has 0 saturated carbocycles. The summed E-state index contributed by atoms with van der Waals surface area (Å²) in [6, 6.07) is 2.06. The number of nitrogens with zero attached hydrogens (tertiary/aromatic N) is 7. The molecule has 0 fully saturated rings. The topological polar surface area (TPSA) is 128 Å². The summed E-state index contributed by atoms with van der Waals surface area (Å²) in [5.74, 6) is 1.17. The van der Waals surface area contributed by atoms with Crippen LogP contribution in [0.4, 0.5) is 0 Å². The van der Waals surface area contributed by atoms with Crippen molar-refractivity contribution in [3.63, 3.8) is 0 Å². The van der Waals surface area contributed by atoms with Crippen molar-refractivity contribution in [3.05, 3.63) is 34.9 Å². The largest absolute Gasteiger partial charge is 0.473 e. The Hall–Kier alpha value is -3.74. The third kappa shape index (κ3) is 5.72. The number of fused-ring (bicyclic) bond motifs is 4. The molecule has 4 aromatic heterocycles. The monoisotopic (exact) mass is 564 g/mol. The first kappa shape index (κ1) is 28.8. The van der Waals surface area contributed by atoms with Crippen molar-refractivity contribution in [2.45, 2.75) is 78.7 Å². The van der Waals surface area contributed by atoms with E-state index in [-0.39, 0.29) is 18.2 Å². The van der Waals surface area contributed by atoms with E-state index in [9.17, 15) is 5.11 Å². The third-order valence-electron chi connectivity index (χ3n) is 7.41. The number of H-pyrrole nitrogens is 1. The van der Waals surface area contributed by atoms with Crippen molar-refractivity contribution < 1.29 is 19.3 Å². The Morgan fingerprint density at radius 1 is 1.17 bits per heavy atom. The number of aromatic amines is 1. The molecule has 2 bridgehead atoms. The lowest BCUT2D eigenvalue weighted by Gasteiger charge is -2.30. The molecule has 0 spiro atoms. The molecule has 0 radical (unpaired) electrons. The van der Waals surface area contributed by atoms with E-state index in [1.807, 2.05) is 37.7 Å². The molecule has 0 amide bonds. The van der Waals surface area contributed by atoms with Gasteiger partial charge in [0.25, 0.3) is 0 Å². The molecule has 5 heterocycles. The molecular weight excluding hydrogens is 524 g/mol. The van der Waals surface area contributed by atoms with Crippen LogP contribution in [0.3, 0.4) is 0 Å². The molecule has 3 atom stereocenters. The average molecular weight is 565 g/mol. The number of aromatic nitrogens is 7. The number of aryl methyl sites for hydroxylation is 1. The summed E-state index contributed by atoms with van der Waals surface area (Å²) < 4.78 is 21.9. The van der Waals surface area contributed by atoms with E-state index in [1.54, 1.807) is 24.9 Å². The Kier molecular flexibility index (Phi) is 8.16. The smallest absolute Gasteiger partial charge is 0.240 e. The fourth-order valence-corrected chi connectivity index (χ4v) is 5.12. The predicted molar refractivity (Wildman–Crippen MR) is 156 cm³/mol. The zero-order valence-corrected chi connectivity index (χ0v) is 25.0. The lowest BCUT2D eigenvalue weighted by Crippen LogP contribution is -2.41. The van der Waals surface area contributed by atoms with Crippen LogP contribution in [0.5, 0.6) is 11.8 Å². The van der Waals surface area contributed by atoms with Gasteiger partial charge in [0, 0.05) is 43.9 Å². The maximum absolute atomic E-state index is 10.3. The summed E-state index contributed by atoms with van der Waals surface area (Å²) in [6.45, 7) is 11.1. The van der Waals surface area contributed by atoms with Crippen molar-refractivity contribution in [2.24, 2.45) is 7.05 Å². The summed E-state index contributed by atoms with van der Waals surface area (Å²) in [5.41, 5.74) is 5.65. The van der Waals surface area contributed by atoms with E-state index in [0.717, 1.165) is 39.2 Å². The van der Waals surface area contributed by atoms with E-state index in [2.05, 4.69) is 47.0 Å². The number of hydrogen-bond donors (Lipinski definition) is 2. The van der Waals surface area contributed by atoms with Gasteiger partial charge in [-0.2, -0.15) is 10.2 Å². The van der Waals surface area contributed by atoms with Crippen molar-refractivity contribution in [2.75, 3.05) is 14.2 Å². The molecule has 0 saturated heterocycles. The molecule has 0 unspecified atom stereocenters. The van der Waals surface area contributed by atoms with Gasteiger partial charge in [-0.25, -0.2) is 9.67 Å². The molecule has 5 rings (SSSR count). The molecule has 2 N–H and O–H groups in total. The second-order valence-electron chi connectivity index (χ2n) is 11.1. The van der Waals surface area contributed by atoms with Gasteiger partial charge in [0.05, 0.1) is 53.6 Å². The zero-order valence-electron chi connectivity index (χ0n) is 25.0. The minimum absolute atomic E-state index is 0.00693. The van der Waals surface area contributed by atoms with Crippen LogP contribution in [0.15, 0.2) is 12.3 Å². The lowest BCUT2D eigenvalue weighted by molar-refractivity contribution is 0.0912. The highest BCUT2D eigenvalue weighted by Crippen LogP contribution is 2.37. The van der Waals surface area contributed by atoms with Gasteiger partial charge in [0.15, 0.2) is 5.65 Å². The SMILES string of the molecule is COCc1nn(C)c2c1-c1cnc3n[nH]c(c3c1)/C=C/c1c(OC(C)C)nn(C[C@H](C)O)c1CN(C)[C@H](C)[C@@H](C)O2. The Labute approximate surface area is 239 Å². The van der Waals surface area contributed by atoms with Crippen LogP contribution in [0.1, 0.15) is 57.3 Å². The number of aliphatic hydroxyl groups excluding tert-OH is 1.